The fraction of sp³-hybridized carbons (Fsp3) is 0.182. The second-order valence-corrected chi connectivity index (χ2v) is 7.97. The van der Waals surface area contributed by atoms with Crippen LogP contribution in [0.15, 0.2) is 36.7 Å². The second-order valence-electron chi connectivity index (χ2n) is 7.21. The highest BCUT2D eigenvalue weighted by molar-refractivity contribution is 14.1. The van der Waals surface area contributed by atoms with Crippen LogP contribution in [-0.4, -0.2) is 33.2 Å². The smallest absolute Gasteiger partial charge is 0.272 e. The second kappa shape index (κ2) is 10.2. The Morgan fingerprint density at radius 2 is 1.82 bits per heavy atom. The maximum absolute atomic E-state index is 13.9. The summed E-state index contributed by atoms with van der Waals surface area (Å²) in [6.07, 6.45) is 1.22. The number of aromatic amines is 1. The van der Waals surface area contributed by atoms with E-state index in [9.17, 15) is 18.0 Å². The molecule has 2 aromatic heterocycles. The minimum atomic E-state index is -0.820. The lowest BCUT2D eigenvalue weighted by atomic mass is 10.1. The molecule has 0 aliphatic carbocycles. The van der Waals surface area contributed by atoms with Gasteiger partial charge in [-0.15, -0.1) is 0 Å². The molecule has 176 valence electrons. The lowest BCUT2D eigenvalue weighted by Crippen LogP contribution is -2.24. The van der Waals surface area contributed by atoms with Gasteiger partial charge in [0.15, 0.2) is 28.9 Å². The third-order valence-corrected chi connectivity index (χ3v) is 5.82. The maximum Gasteiger partial charge on any atom is 0.272 e. The number of hydrogen-bond donors (Lipinski definition) is 3. The van der Waals surface area contributed by atoms with Crippen LogP contribution in [0.2, 0.25) is 0 Å². The number of nitrogens with one attached hydrogen (secondary N) is 3. The molecule has 2 heterocycles. The molecule has 12 heteroatoms. The number of hydrogen-bond acceptors (Lipinski definition) is 6. The number of aromatic nitrogens is 4. The van der Waals surface area contributed by atoms with Gasteiger partial charge in [0.05, 0.1) is 7.11 Å². The Bertz CT molecular complexity index is 1340. The molecule has 0 radical (unpaired) electrons. The Hall–Kier alpha value is -3.42. The van der Waals surface area contributed by atoms with E-state index in [2.05, 4.69) is 58.1 Å². The van der Waals surface area contributed by atoms with E-state index in [0.29, 0.717) is 26.6 Å². The van der Waals surface area contributed by atoms with Crippen molar-refractivity contribution in [1.29, 1.82) is 0 Å². The molecule has 34 heavy (non-hydrogen) atoms. The first-order valence-corrected chi connectivity index (χ1v) is 11.5. The highest BCUT2D eigenvalue weighted by Gasteiger charge is 2.18. The first-order valence-electron chi connectivity index (χ1n) is 9.97. The first kappa shape index (κ1) is 23.7. The molecule has 0 saturated heterocycles. The van der Waals surface area contributed by atoms with Crippen LogP contribution in [-0.2, 0) is 17.5 Å². The molecule has 0 spiro atoms. The van der Waals surface area contributed by atoms with Crippen LogP contribution in [0.25, 0.3) is 11.0 Å². The van der Waals surface area contributed by atoms with Crippen LogP contribution in [0.4, 0.5) is 19.0 Å². The molecule has 0 bridgehead atoms. The predicted octanol–water partition coefficient (Wildman–Crippen LogP) is 4.26. The summed E-state index contributed by atoms with van der Waals surface area (Å²) in [4.78, 5) is 20.9. The number of benzene rings is 2. The number of amides is 1. The van der Waals surface area contributed by atoms with Gasteiger partial charge in [-0.2, -0.15) is 5.10 Å². The molecule has 8 nitrogen and oxygen atoms in total. The normalized spacial score (nSPS) is 11.0. The summed E-state index contributed by atoms with van der Waals surface area (Å²) in [5, 5.41) is 12.5. The van der Waals surface area contributed by atoms with Crippen molar-refractivity contribution in [3.63, 3.8) is 0 Å². The lowest BCUT2D eigenvalue weighted by molar-refractivity contribution is 0.0947. The van der Waals surface area contributed by atoms with E-state index < -0.39 is 23.3 Å². The number of methoxy groups -OCH3 is 1. The molecule has 2 aromatic carbocycles. The maximum atomic E-state index is 13.9. The van der Waals surface area contributed by atoms with Crippen LogP contribution >= 0.6 is 22.6 Å². The predicted molar refractivity (Wildman–Crippen MR) is 127 cm³/mol. The van der Waals surface area contributed by atoms with Crippen molar-refractivity contribution in [3.05, 3.63) is 76.5 Å². The van der Waals surface area contributed by atoms with Gasteiger partial charge in [0.25, 0.3) is 5.91 Å². The number of halogens is 4. The molecular weight excluding hydrogens is 564 g/mol. The van der Waals surface area contributed by atoms with Crippen LogP contribution in [0.1, 0.15) is 27.2 Å². The molecule has 4 aromatic rings. The van der Waals surface area contributed by atoms with E-state index in [1.807, 2.05) is 0 Å². The number of carbonyl (C=O) groups is 1. The van der Waals surface area contributed by atoms with Gasteiger partial charge in [-0.1, -0.05) is 34.7 Å². The van der Waals surface area contributed by atoms with Crippen molar-refractivity contribution >= 4 is 45.3 Å². The minimum Gasteiger partial charge on any atom is -0.491 e. The summed E-state index contributed by atoms with van der Waals surface area (Å²) < 4.78 is 46.7. The Morgan fingerprint density at radius 3 is 2.53 bits per heavy atom. The molecule has 0 saturated carbocycles. The third-order valence-electron chi connectivity index (χ3n) is 5.00. The third kappa shape index (κ3) is 4.90. The van der Waals surface area contributed by atoms with Gasteiger partial charge in [-0.05, 0) is 34.9 Å². The van der Waals surface area contributed by atoms with Gasteiger partial charge in [-0.3, -0.25) is 9.89 Å². The number of H-pyrrole nitrogens is 1. The molecule has 4 rings (SSSR count). The Balaban J connectivity index is 1.48. The van der Waals surface area contributed by atoms with Crippen molar-refractivity contribution in [1.82, 2.24) is 25.5 Å². The van der Waals surface area contributed by atoms with Gasteiger partial charge < -0.3 is 15.4 Å². The van der Waals surface area contributed by atoms with Crippen LogP contribution < -0.4 is 15.4 Å². The monoisotopic (exact) mass is 582 g/mol. The van der Waals surface area contributed by atoms with Gasteiger partial charge in [0, 0.05) is 17.5 Å². The molecule has 0 aliphatic heterocycles. The molecule has 0 fully saturated rings. The summed E-state index contributed by atoms with van der Waals surface area (Å²) in [5.74, 6) is -2.57. The van der Waals surface area contributed by atoms with Crippen molar-refractivity contribution in [2.45, 2.75) is 17.5 Å². The number of anilines is 1. The quantitative estimate of drug-likeness (QED) is 0.212. The minimum absolute atomic E-state index is 0.0486. The Morgan fingerprint density at radius 1 is 1.06 bits per heavy atom. The highest BCUT2D eigenvalue weighted by atomic mass is 127. The van der Waals surface area contributed by atoms with Crippen molar-refractivity contribution in [2.24, 2.45) is 0 Å². The van der Waals surface area contributed by atoms with Gasteiger partial charge in [0.1, 0.15) is 23.2 Å². The lowest BCUT2D eigenvalue weighted by Gasteiger charge is -2.08. The number of carbonyl (C=O) groups excluding carboxylic acids is 1. The number of ether oxygens (including phenoxy) is 1. The molecule has 3 N–H and O–H groups in total. The Labute approximate surface area is 205 Å². The van der Waals surface area contributed by atoms with E-state index in [1.165, 1.54) is 19.5 Å². The van der Waals surface area contributed by atoms with Gasteiger partial charge >= 0.3 is 0 Å². The molecular formula is C22H18F3IN6O2. The SMILES string of the molecule is COc1c(F)cc(CNc2n[nH]c3c(C(=O)NCc4ccc(F)c(CI)c4)ncnc23)cc1F. The summed E-state index contributed by atoms with van der Waals surface area (Å²) in [6, 6.07) is 6.96. The van der Waals surface area contributed by atoms with Crippen molar-refractivity contribution in [3.8, 4) is 5.75 Å². The number of fused-ring (bicyclic) bond motifs is 1. The van der Waals surface area contributed by atoms with Crippen molar-refractivity contribution in [2.75, 3.05) is 12.4 Å². The standard InChI is InChI=1S/C22H18F3IN6O2/c1-34-20-15(24)5-12(6-16(20)25)9-27-21-18-17(31-32-21)19(30-10-29-18)22(33)28-8-11-2-3-14(23)13(4-11)7-26/h2-6,10H,7-9H2,1H3,(H,28,33)(H2,27,31,32). The number of alkyl halides is 1. The topological polar surface area (TPSA) is 105 Å². The molecule has 0 aliphatic rings. The van der Waals surface area contributed by atoms with E-state index in [0.717, 1.165) is 17.7 Å². The zero-order valence-corrected chi connectivity index (χ0v) is 19.9. The van der Waals surface area contributed by atoms with Gasteiger partial charge in [-0.25, -0.2) is 23.1 Å². The van der Waals surface area contributed by atoms with Crippen molar-refractivity contribution < 1.29 is 22.7 Å². The summed E-state index contributed by atoms with van der Waals surface area (Å²) >= 11 is 2.07. The van der Waals surface area contributed by atoms with E-state index in [1.54, 1.807) is 12.1 Å². The Kier molecular flexibility index (Phi) is 7.14. The fourth-order valence-corrected chi connectivity index (χ4v) is 3.92. The van der Waals surface area contributed by atoms with Gasteiger partial charge in [0.2, 0.25) is 0 Å². The molecule has 0 unspecified atom stereocenters. The van der Waals surface area contributed by atoms with E-state index >= 15 is 0 Å². The fourth-order valence-electron chi connectivity index (χ4n) is 3.33. The molecule has 0 atom stereocenters. The summed E-state index contributed by atoms with van der Waals surface area (Å²) in [7, 11) is 1.19. The van der Waals surface area contributed by atoms with E-state index in [4.69, 9.17) is 0 Å². The summed E-state index contributed by atoms with van der Waals surface area (Å²) in [6.45, 7) is 0.231. The highest BCUT2D eigenvalue weighted by Crippen LogP contribution is 2.24. The largest absolute Gasteiger partial charge is 0.491 e. The average molecular weight is 582 g/mol. The van der Waals surface area contributed by atoms with Crippen LogP contribution in [0, 0.1) is 17.5 Å². The first-order chi connectivity index (χ1) is 16.4. The average Bonchev–Trinajstić information content (AvgIpc) is 3.25. The molecule has 1 amide bonds. The summed E-state index contributed by atoms with van der Waals surface area (Å²) in [5.41, 5.74) is 2.33. The van der Waals surface area contributed by atoms with Crippen LogP contribution in [0.3, 0.4) is 0 Å². The van der Waals surface area contributed by atoms with Crippen LogP contribution in [0.5, 0.6) is 5.75 Å². The number of rotatable bonds is 8. The number of nitrogens with zero attached hydrogens (tertiary/aromatic N) is 3. The zero-order chi connectivity index (χ0) is 24.2. The zero-order valence-electron chi connectivity index (χ0n) is 17.8. The van der Waals surface area contributed by atoms with E-state index in [-0.39, 0.29) is 30.4 Å².